The molecule has 0 amide bonds. The van der Waals surface area contributed by atoms with Gasteiger partial charge in [0.2, 0.25) is 0 Å². The van der Waals surface area contributed by atoms with Gasteiger partial charge < -0.3 is 5.73 Å². The van der Waals surface area contributed by atoms with Crippen molar-refractivity contribution in [1.82, 2.24) is 0 Å². The Morgan fingerprint density at radius 2 is 2.08 bits per heavy atom. The van der Waals surface area contributed by atoms with E-state index in [0.29, 0.717) is 5.70 Å². The topological polar surface area (TPSA) is 61.8 Å². The molecule has 0 saturated heterocycles. The molecular weight excluding hydrogens is 318 g/mol. The number of anilines is 1. The minimum Gasteiger partial charge on any atom is -0.403 e. The standard InChI is InChI=1S/C23H23N3/c1-17(25)10-11-21-14-19(18-6-3-2-4-7-18)12-13-23(21)20-8-5-9-22(15-20)26-16-24/h2-3,5-6,8-9,12-15,26H,1,4,7,10-11,25H2. The van der Waals surface area contributed by atoms with E-state index in [4.69, 9.17) is 11.0 Å². The van der Waals surface area contributed by atoms with Crippen LogP contribution >= 0.6 is 0 Å². The van der Waals surface area contributed by atoms with Crippen LogP contribution in [0, 0.1) is 11.5 Å². The summed E-state index contributed by atoms with van der Waals surface area (Å²) in [5.41, 5.74) is 13.4. The second kappa shape index (κ2) is 8.22. The van der Waals surface area contributed by atoms with Crippen LogP contribution in [0.3, 0.4) is 0 Å². The number of benzene rings is 2. The van der Waals surface area contributed by atoms with Crippen LogP contribution in [-0.2, 0) is 6.42 Å². The summed E-state index contributed by atoms with van der Waals surface area (Å²) in [6, 6.07) is 14.6. The molecule has 0 heterocycles. The first-order valence-electron chi connectivity index (χ1n) is 8.85. The largest absolute Gasteiger partial charge is 0.403 e. The molecule has 3 heteroatoms. The van der Waals surface area contributed by atoms with Crippen molar-refractivity contribution >= 4 is 11.3 Å². The number of nitriles is 1. The molecule has 0 fully saturated rings. The van der Waals surface area contributed by atoms with Crippen molar-refractivity contribution in [3.05, 3.63) is 84.1 Å². The van der Waals surface area contributed by atoms with Crippen LogP contribution in [0.15, 0.2) is 73.0 Å². The molecule has 3 N–H and O–H groups in total. The fraction of sp³-hybridized carbons (Fsp3) is 0.174. The number of hydrogen-bond acceptors (Lipinski definition) is 3. The van der Waals surface area contributed by atoms with E-state index in [1.165, 1.54) is 22.3 Å². The van der Waals surface area contributed by atoms with Gasteiger partial charge in [-0.3, -0.25) is 5.32 Å². The summed E-state index contributed by atoms with van der Waals surface area (Å²) < 4.78 is 0. The Morgan fingerprint density at radius 3 is 2.81 bits per heavy atom. The average molecular weight is 341 g/mol. The predicted octanol–water partition coefficient (Wildman–Crippen LogP) is 5.38. The third-order valence-electron chi connectivity index (χ3n) is 4.58. The van der Waals surface area contributed by atoms with E-state index in [0.717, 1.165) is 36.9 Å². The normalized spacial score (nSPS) is 13.0. The maximum absolute atomic E-state index is 8.87. The van der Waals surface area contributed by atoms with Gasteiger partial charge in [0.25, 0.3) is 0 Å². The molecule has 2 aromatic carbocycles. The van der Waals surface area contributed by atoms with Crippen molar-refractivity contribution in [2.45, 2.75) is 25.7 Å². The summed E-state index contributed by atoms with van der Waals surface area (Å²) in [7, 11) is 0. The van der Waals surface area contributed by atoms with E-state index < -0.39 is 0 Å². The van der Waals surface area contributed by atoms with Gasteiger partial charge in [-0.2, -0.15) is 5.26 Å². The SMILES string of the molecule is C=C(N)CCc1cc(C2=CC=CCC2)ccc1-c1cccc(NC#N)c1. The first-order chi connectivity index (χ1) is 12.7. The van der Waals surface area contributed by atoms with E-state index >= 15 is 0 Å². The maximum Gasteiger partial charge on any atom is 0.181 e. The third kappa shape index (κ3) is 4.23. The number of aryl methyl sites for hydroxylation is 1. The second-order valence-electron chi connectivity index (χ2n) is 6.51. The highest BCUT2D eigenvalue weighted by Gasteiger charge is 2.10. The van der Waals surface area contributed by atoms with Crippen molar-refractivity contribution in [2.75, 3.05) is 5.32 Å². The van der Waals surface area contributed by atoms with Gasteiger partial charge in [0.15, 0.2) is 6.19 Å². The Bertz CT molecular complexity index is 913. The van der Waals surface area contributed by atoms with E-state index in [1.807, 2.05) is 24.4 Å². The van der Waals surface area contributed by atoms with Crippen LogP contribution in [-0.4, -0.2) is 0 Å². The number of nitrogens with two attached hydrogens (primary N) is 1. The lowest BCUT2D eigenvalue weighted by atomic mass is 9.90. The minimum atomic E-state index is 0.695. The van der Waals surface area contributed by atoms with Gasteiger partial charge in [0.1, 0.15) is 0 Å². The Morgan fingerprint density at radius 1 is 1.19 bits per heavy atom. The molecule has 1 aliphatic carbocycles. The fourth-order valence-corrected chi connectivity index (χ4v) is 3.25. The molecule has 0 atom stereocenters. The van der Waals surface area contributed by atoms with Gasteiger partial charge in [0, 0.05) is 11.4 Å². The molecule has 0 saturated carbocycles. The van der Waals surface area contributed by atoms with Crippen LogP contribution in [0.4, 0.5) is 5.69 Å². The second-order valence-corrected chi connectivity index (χ2v) is 6.51. The predicted molar refractivity (Wildman–Crippen MR) is 109 cm³/mol. The first-order valence-corrected chi connectivity index (χ1v) is 8.85. The molecular formula is C23H23N3. The summed E-state index contributed by atoms with van der Waals surface area (Å²) in [6.45, 7) is 3.83. The Labute approximate surface area is 155 Å². The van der Waals surface area contributed by atoms with Gasteiger partial charge >= 0.3 is 0 Å². The van der Waals surface area contributed by atoms with Gasteiger partial charge in [-0.15, -0.1) is 0 Å². The number of allylic oxidation sites excluding steroid dienone is 5. The zero-order chi connectivity index (χ0) is 18.4. The number of nitrogens with one attached hydrogen (secondary N) is 1. The van der Waals surface area contributed by atoms with Gasteiger partial charge in [-0.1, -0.05) is 55.1 Å². The van der Waals surface area contributed by atoms with Crippen molar-refractivity contribution in [1.29, 1.82) is 5.26 Å². The maximum atomic E-state index is 8.87. The molecule has 0 spiro atoms. The third-order valence-corrected chi connectivity index (χ3v) is 4.58. The lowest BCUT2D eigenvalue weighted by Crippen LogP contribution is -2.00. The quantitative estimate of drug-likeness (QED) is 0.547. The van der Waals surface area contributed by atoms with Crippen LogP contribution in [0.5, 0.6) is 0 Å². The monoisotopic (exact) mass is 341 g/mol. The molecule has 3 rings (SSSR count). The lowest BCUT2D eigenvalue weighted by molar-refractivity contribution is 0.932. The van der Waals surface area contributed by atoms with Crippen LogP contribution in [0.1, 0.15) is 30.4 Å². The van der Waals surface area contributed by atoms with Crippen molar-refractivity contribution < 1.29 is 0 Å². The van der Waals surface area contributed by atoms with Crippen molar-refractivity contribution in [2.24, 2.45) is 5.73 Å². The number of rotatable bonds is 6. The highest BCUT2D eigenvalue weighted by Crippen LogP contribution is 2.32. The molecule has 0 unspecified atom stereocenters. The molecule has 0 aliphatic heterocycles. The van der Waals surface area contributed by atoms with Crippen LogP contribution in [0.2, 0.25) is 0 Å². The van der Waals surface area contributed by atoms with E-state index in [2.05, 4.69) is 54.4 Å². The molecule has 130 valence electrons. The van der Waals surface area contributed by atoms with Crippen molar-refractivity contribution in [3.63, 3.8) is 0 Å². The zero-order valence-corrected chi connectivity index (χ0v) is 14.8. The fourth-order valence-electron chi connectivity index (χ4n) is 3.25. The van der Waals surface area contributed by atoms with Gasteiger partial charge in [-0.25, -0.2) is 0 Å². The molecule has 26 heavy (non-hydrogen) atoms. The number of hydrogen-bond donors (Lipinski definition) is 2. The first kappa shape index (κ1) is 17.6. The highest BCUT2D eigenvalue weighted by molar-refractivity contribution is 5.76. The zero-order valence-electron chi connectivity index (χ0n) is 14.8. The van der Waals surface area contributed by atoms with Crippen molar-refractivity contribution in [3.8, 4) is 17.3 Å². The summed E-state index contributed by atoms with van der Waals surface area (Å²) in [5.74, 6) is 0. The van der Waals surface area contributed by atoms with Gasteiger partial charge in [-0.05, 0) is 65.6 Å². The van der Waals surface area contributed by atoms with E-state index in [9.17, 15) is 0 Å². The van der Waals surface area contributed by atoms with Crippen LogP contribution < -0.4 is 11.1 Å². The summed E-state index contributed by atoms with van der Waals surface area (Å²) >= 11 is 0. The average Bonchev–Trinajstić information content (AvgIpc) is 2.67. The lowest BCUT2D eigenvalue weighted by Gasteiger charge is -2.15. The van der Waals surface area contributed by atoms with Gasteiger partial charge in [0.05, 0.1) is 0 Å². The Kier molecular flexibility index (Phi) is 5.56. The molecule has 3 nitrogen and oxygen atoms in total. The molecule has 0 aromatic heterocycles. The highest BCUT2D eigenvalue weighted by atomic mass is 14.9. The smallest absolute Gasteiger partial charge is 0.181 e. The van der Waals surface area contributed by atoms with E-state index in [1.54, 1.807) is 0 Å². The number of nitrogens with zero attached hydrogens (tertiary/aromatic N) is 1. The Hall–Kier alpha value is -3.25. The van der Waals surface area contributed by atoms with Crippen LogP contribution in [0.25, 0.3) is 16.7 Å². The van der Waals surface area contributed by atoms with E-state index in [-0.39, 0.29) is 0 Å². The summed E-state index contributed by atoms with van der Waals surface area (Å²) in [6.07, 6.45) is 12.3. The molecule has 1 aliphatic rings. The summed E-state index contributed by atoms with van der Waals surface area (Å²) in [4.78, 5) is 0. The molecule has 2 aromatic rings. The summed E-state index contributed by atoms with van der Waals surface area (Å²) in [5, 5.41) is 11.6. The Balaban J connectivity index is 2.01. The minimum absolute atomic E-state index is 0.695. The molecule has 0 radical (unpaired) electrons. The molecule has 0 bridgehead atoms.